The Morgan fingerprint density at radius 3 is 2.27 bits per heavy atom. The average Bonchev–Trinajstić information content (AvgIpc) is 2.14. The van der Waals surface area contributed by atoms with Crippen molar-refractivity contribution in [1.29, 1.82) is 0 Å². The fraction of sp³-hybridized carbons (Fsp3) is 0.538. The number of hydrogen-bond donors (Lipinski definition) is 2. The zero-order valence-corrected chi connectivity index (χ0v) is 10.2. The second-order valence-electron chi connectivity index (χ2n) is 5.00. The van der Waals surface area contributed by atoms with E-state index in [2.05, 4.69) is 43.4 Å². The summed E-state index contributed by atoms with van der Waals surface area (Å²) in [7, 11) is 0. The minimum Gasteiger partial charge on any atom is -0.324 e. The summed E-state index contributed by atoms with van der Waals surface area (Å²) < 4.78 is 0. The summed E-state index contributed by atoms with van der Waals surface area (Å²) in [5, 5.41) is 3.43. The van der Waals surface area contributed by atoms with Crippen LogP contribution in [0.1, 0.15) is 37.9 Å². The van der Waals surface area contributed by atoms with E-state index in [4.69, 9.17) is 5.73 Å². The number of nitrogens with one attached hydrogen (secondary N) is 1. The van der Waals surface area contributed by atoms with Gasteiger partial charge in [-0.3, -0.25) is 0 Å². The molecule has 0 saturated carbocycles. The first-order valence-corrected chi connectivity index (χ1v) is 5.47. The number of benzene rings is 1. The molecule has 1 aromatic rings. The van der Waals surface area contributed by atoms with Crippen LogP contribution in [-0.4, -0.2) is 12.1 Å². The van der Waals surface area contributed by atoms with Gasteiger partial charge < -0.3 is 11.1 Å². The molecule has 0 aliphatic rings. The van der Waals surface area contributed by atoms with E-state index in [1.54, 1.807) is 0 Å². The third-order valence-electron chi connectivity index (χ3n) is 2.44. The Kier molecular flexibility index (Phi) is 3.89. The van der Waals surface area contributed by atoms with E-state index in [0.29, 0.717) is 6.04 Å². The van der Waals surface area contributed by atoms with E-state index in [1.807, 2.05) is 13.8 Å². The highest BCUT2D eigenvalue weighted by molar-refractivity contribution is 5.23. The van der Waals surface area contributed by atoms with Crippen LogP contribution in [0.3, 0.4) is 0 Å². The lowest BCUT2D eigenvalue weighted by Gasteiger charge is -2.23. The van der Waals surface area contributed by atoms with Crippen molar-refractivity contribution in [2.24, 2.45) is 5.73 Å². The van der Waals surface area contributed by atoms with Crippen molar-refractivity contribution in [3.05, 3.63) is 35.4 Å². The maximum Gasteiger partial charge on any atom is 0.0292 e. The normalized spacial score (nSPS) is 13.9. The second-order valence-corrected chi connectivity index (χ2v) is 5.00. The Morgan fingerprint density at radius 1 is 1.27 bits per heavy atom. The first kappa shape index (κ1) is 12.2. The summed E-state index contributed by atoms with van der Waals surface area (Å²) >= 11 is 0. The van der Waals surface area contributed by atoms with Crippen LogP contribution in [0.2, 0.25) is 0 Å². The monoisotopic (exact) mass is 206 g/mol. The summed E-state index contributed by atoms with van der Waals surface area (Å²) in [6.45, 7) is 9.15. The van der Waals surface area contributed by atoms with Gasteiger partial charge in [0.2, 0.25) is 0 Å². The molecule has 1 aromatic carbocycles. The smallest absolute Gasteiger partial charge is 0.0292 e. The molecule has 1 atom stereocenters. The number of nitrogens with two attached hydrogens (primary N) is 1. The van der Waals surface area contributed by atoms with Crippen molar-refractivity contribution in [1.82, 2.24) is 5.32 Å². The first-order valence-electron chi connectivity index (χ1n) is 5.47. The molecule has 0 heterocycles. The standard InChI is InChI=1S/C13H22N2/c1-10-5-7-12(8-6-10)11(2)15-9-13(3,4)14/h5-8,11,15H,9,14H2,1-4H3. The van der Waals surface area contributed by atoms with Crippen LogP contribution in [0.5, 0.6) is 0 Å². The van der Waals surface area contributed by atoms with Crippen LogP contribution in [-0.2, 0) is 0 Å². The van der Waals surface area contributed by atoms with Gasteiger partial charge >= 0.3 is 0 Å². The SMILES string of the molecule is Cc1ccc(C(C)NCC(C)(C)N)cc1. The fourth-order valence-electron chi connectivity index (χ4n) is 1.39. The molecule has 84 valence electrons. The predicted molar refractivity (Wildman–Crippen MR) is 65.9 cm³/mol. The summed E-state index contributed by atoms with van der Waals surface area (Å²) in [6, 6.07) is 8.96. The van der Waals surface area contributed by atoms with Crippen molar-refractivity contribution in [2.75, 3.05) is 6.54 Å². The van der Waals surface area contributed by atoms with Gasteiger partial charge in [-0.15, -0.1) is 0 Å². The molecule has 0 radical (unpaired) electrons. The van der Waals surface area contributed by atoms with Crippen molar-refractivity contribution >= 4 is 0 Å². The molecule has 0 amide bonds. The largest absolute Gasteiger partial charge is 0.324 e. The third-order valence-corrected chi connectivity index (χ3v) is 2.44. The number of rotatable bonds is 4. The van der Waals surface area contributed by atoms with Crippen LogP contribution in [0.4, 0.5) is 0 Å². The van der Waals surface area contributed by atoms with E-state index in [0.717, 1.165) is 6.54 Å². The molecule has 15 heavy (non-hydrogen) atoms. The molecule has 0 saturated heterocycles. The lowest BCUT2D eigenvalue weighted by atomic mass is 10.0. The Hall–Kier alpha value is -0.860. The molecular weight excluding hydrogens is 184 g/mol. The molecule has 0 aliphatic carbocycles. The van der Waals surface area contributed by atoms with Crippen LogP contribution in [0.25, 0.3) is 0 Å². The van der Waals surface area contributed by atoms with Gasteiger partial charge in [0.15, 0.2) is 0 Å². The molecule has 0 bridgehead atoms. The minimum atomic E-state index is -0.154. The summed E-state index contributed by atoms with van der Waals surface area (Å²) in [5.41, 5.74) is 8.38. The molecule has 0 aliphatic heterocycles. The lowest BCUT2D eigenvalue weighted by Crippen LogP contribution is -2.43. The second kappa shape index (κ2) is 4.77. The molecule has 0 fully saturated rings. The zero-order chi connectivity index (χ0) is 11.5. The van der Waals surface area contributed by atoms with Gasteiger partial charge in [-0.25, -0.2) is 0 Å². The highest BCUT2D eigenvalue weighted by Crippen LogP contribution is 2.13. The molecule has 2 nitrogen and oxygen atoms in total. The van der Waals surface area contributed by atoms with E-state index in [1.165, 1.54) is 11.1 Å². The van der Waals surface area contributed by atoms with E-state index < -0.39 is 0 Å². The maximum absolute atomic E-state index is 5.92. The number of aryl methyl sites for hydroxylation is 1. The van der Waals surface area contributed by atoms with Crippen molar-refractivity contribution in [3.8, 4) is 0 Å². The maximum atomic E-state index is 5.92. The average molecular weight is 206 g/mol. The summed E-state index contributed by atoms with van der Waals surface area (Å²) in [4.78, 5) is 0. The van der Waals surface area contributed by atoms with Gasteiger partial charge in [-0.1, -0.05) is 29.8 Å². The molecule has 1 rings (SSSR count). The highest BCUT2D eigenvalue weighted by Gasteiger charge is 2.12. The van der Waals surface area contributed by atoms with Crippen LogP contribution < -0.4 is 11.1 Å². The Bertz CT molecular complexity index is 295. The van der Waals surface area contributed by atoms with Crippen molar-refractivity contribution in [2.45, 2.75) is 39.3 Å². The quantitative estimate of drug-likeness (QED) is 0.794. The van der Waals surface area contributed by atoms with Crippen molar-refractivity contribution < 1.29 is 0 Å². The lowest BCUT2D eigenvalue weighted by molar-refractivity contribution is 0.434. The Balaban J connectivity index is 2.54. The third kappa shape index (κ3) is 4.45. The van der Waals surface area contributed by atoms with Crippen LogP contribution in [0, 0.1) is 6.92 Å². The predicted octanol–water partition coefficient (Wildman–Crippen LogP) is 2.38. The van der Waals surface area contributed by atoms with Crippen molar-refractivity contribution in [3.63, 3.8) is 0 Å². The topological polar surface area (TPSA) is 38.0 Å². The van der Waals surface area contributed by atoms with Gasteiger partial charge in [0.25, 0.3) is 0 Å². The summed E-state index contributed by atoms with van der Waals surface area (Å²) in [6.07, 6.45) is 0. The van der Waals surface area contributed by atoms with E-state index in [9.17, 15) is 0 Å². The van der Waals surface area contributed by atoms with Crippen LogP contribution >= 0.6 is 0 Å². The summed E-state index contributed by atoms with van der Waals surface area (Å²) in [5.74, 6) is 0. The Labute approximate surface area is 92.9 Å². The zero-order valence-electron chi connectivity index (χ0n) is 10.2. The van der Waals surface area contributed by atoms with E-state index >= 15 is 0 Å². The van der Waals surface area contributed by atoms with Gasteiger partial charge in [-0.2, -0.15) is 0 Å². The molecular formula is C13H22N2. The molecule has 3 N–H and O–H groups in total. The molecule has 2 heteroatoms. The minimum absolute atomic E-state index is 0.154. The van der Waals surface area contributed by atoms with E-state index in [-0.39, 0.29) is 5.54 Å². The van der Waals surface area contributed by atoms with Crippen LogP contribution in [0.15, 0.2) is 24.3 Å². The number of hydrogen-bond acceptors (Lipinski definition) is 2. The van der Waals surface area contributed by atoms with Gasteiger partial charge in [0.05, 0.1) is 0 Å². The Morgan fingerprint density at radius 2 is 1.80 bits per heavy atom. The van der Waals surface area contributed by atoms with Gasteiger partial charge in [0, 0.05) is 18.1 Å². The molecule has 0 spiro atoms. The molecule has 1 unspecified atom stereocenters. The van der Waals surface area contributed by atoms with Gasteiger partial charge in [-0.05, 0) is 33.3 Å². The van der Waals surface area contributed by atoms with Gasteiger partial charge in [0.1, 0.15) is 0 Å². The molecule has 0 aromatic heterocycles. The first-order chi connectivity index (χ1) is 6.88. The fourth-order valence-corrected chi connectivity index (χ4v) is 1.39. The highest BCUT2D eigenvalue weighted by atomic mass is 14.9.